The Hall–Kier alpha value is 0.270. The quantitative estimate of drug-likeness (QED) is 0.818. The van der Waals surface area contributed by atoms with E-state index in [1.807, 2.05) is 0 Å². The maximum Gasteiger partial charge on any atom is 0.0795 e. The van der Waals surface area contributed by atoms with Gasteiger partial charge >= 0.3 is 0 Å². The van der Waals surface area contributed by atoms with Crippen LogP contribution in [0.5, 0.6) is 0 Å². The summed E-state index contributed by atoms with van der Waals surface area (Å²) < 4.78 is 6.06. The molecule has 1 spiro atoms. The first-order valence-corrected chi connectivity index (χ1v) is 8.38. The van der Waals surface area contributed by atoms with Crippen molar-refractivity contribution < 1.29 is 4.74 Å². The van der Waals surface area contributed by atoms with Crippen LogP contribution in [0.4, 0.5) is 0 Å². The van der Waals surface area contributed by atoms with E-state index in [0.717, 1.165) is 12.5 Å². The summed E-state index contributed by atoms with van der Waals surface area (Å²) in [6, 6.07) is 0.697. The van der Waals surface area contributed by atoms with Crippen LogP contribution in [0.2, 0.25) is 0 Å². The average molecular weight is 257 g/mol. The van der Waals surface area contributed by atoms with Crippen molar-refractivity contribution in [3.8, 4) is 0 Å². The fourth-order valence-electron chi connectivity index (χ4n) is 2.98. The zero-order valence-corrected chi connectivity index (χ0v) is 12.2. The van der Waals surface area contributed by atoms with Crippen LogP contribution in [0.25, 0.3) is 0 Å². The van der Waals surface area contributed by atoms with Gasteiger partial charge in [-0.05, 0) is 37.5 Å². The minimum atomic E-state index is 0.231. The molecule has 2 heterocycles. The van der Waals surface area contributed by atoms with E-state index in [1.54, 1.807) is 0 Å². The fraction of sp³-hybridized carbons (Fsp3) is 1.00. The fourth-order valence-corrected chi connectivity index (χ4v) is 4.35. The predicted molar refractivity (Wildman–Crippen MR) is 75.7 cm³/mol. The first-order chi connectivity index (χ1) is 8.28. The molecule has 2 nitrogen and oxygen atoms in total. The number of nitrogens with one attached hydrogen (secondary N) is 1. The SMILES string of the molecule is CCC(CC)CN[C@H]1CCO[C@@]2(CCSC2)C1. The number of hydrogen-bond donors (Lipinski definition) is 1. The lowest BCUT2D eigenvalue weighted by Gasteiger charge is -2.38. The highest BCUT2D eigenvalue weighted by Crippen LogP contribution is 2.38. The smallest absolute Gasteiger partial charge is 0.0795 e. The van der Waals surface area contributed by atoms with E-state index in [4.69, 9.17) is 4.74 Å². The minimum Gasteiger partial charge on any atom is -0.374 e. The van der Waals surface area contributed by atoms with Crippen LogP contribution in [0.3, 0.4) is 0 Å². The van der Waals surface area contributed by atoms with Gasteiger partial charge in [0, 0.05) is 18.4 Å². The molecule has 2 aliphatic rings. The Kier molecular flexibility index (Phi) is 5.19. The summed E-state index contributed by atoms with van der Waals surface area (Å²) in [4.78, 5) is 0. The highest BCUT2D eigenvalue weighted by atomic mass is 32.2. The van der Waals surface area contributed by atoms with Gasteiger partial charge in [0.2, 0.25) is 0 Å². The summed E-state index contributed by atoms with van der Waals surface area (Å²) in [5.74, 6) is 3.36. The molecule has 0 unspecified atom stereocenters. The van der Waals surface area contributed by atoms with E-state index in [-0.39, 0.29) is 5.60 Å². The second kappa shape index (κ2) is 6.44. The van der Waals surface area contributed by atoms with Crippen LogP contribution >= 0.6 is 11.8 Å². The van der Waals surface area contributed by atoms with Crippen molar-refractivity contribution in [1.82, 2.24) is 5.32 Å². The molecule has 2 fully saturated rings. The second-order valence-corrected chi connectivity index (χ2v) is 6.72. The van der Waals surface area contributed by atoms with Gasteiger partial charge in [0.1, 0.15) is 0 Å². The molecule has 0 aromatic rings. The lowest BCUT2D eigenvalue weighted by molar-refractivity contribution is -0.0704. The molecule has 0 saturated carbocycles. The normalized spacial score (nSPS) is 33.7. The van der Waals surface area contributed by atoms with E-state index < -0.39 is 0 Å². The van der Waals surface area contributed by atoms with Crippen LogP contribution in [0.1, 0.15) is 46.0 Å². The van der Waals surface area contributed by atoms with Crippen molar-refractivity contribution in [2.45, 2.75) is 57.6 Å². The third-order valence-corrected chi connectivity index (χ3v) is 5.63. The van der Waals surface area contributed by atoms with Crippen molar-refractivity contribution in [3.63, 3.8) is 0 Å². The van der Waals surface area contributed by atoms with Gasteiger partial charge < -0.3 is 10.1 Å². The Labute approximate surface area is 110 Å². The van der Waals surface area contributed by atoms with Gasteiger partial charge in [0.25, 0.3) is 0 Å². The van der Waals surface area contributed by atoms with E-state index in [2.05, 4.69) is 30.9 Å². The van der Waals surface area contributed by atoms with E-state index >= 15 is 0 Å². The Balaban J connectivity index is 1.77. The molecule has 0 radical (unpaired) electrons. The van der Waals surface area contributed by atoms with Crippen LogP contribution < -0.4 is 5.32 Å². The van der Waals surface area contributed by atoms with Gasteiger partial charge in [-0.15, -0.1) is 0 Å². The van der Waals surface area contributed by atoms with Crippen molar-refractivity contribution in [2.75, 3.05) is 24.7 Å². The summed E-state index contributed by atoms with van der Waals surface area (Å²) in [5, 5.41) is 3.79. The Morgan fingerprint density at radius 1 is 1.41 bits per heavy atom. The first-order valence-electron chi connectivity index (χ1n) is 7.23. The maximum atomic E-state index is 6.06. The zero-order valence-electron chi connectivity index (χ0n) is 11.3. The summed E-state index contributed by atoms with van der Waals surface area (Å²) in [6.07, 6.45) is 6.30. The molecule has 0 amide bonds. The van der Waals surface area contributed by atoms with Gasteiger partial charge in [-0.25, -0.2) is 0 Å². The van der Waals surface area contributed by atoms with Gasteiger partial charge in [-0.1, -0.05) is 26.7 Å². The second-order valence-electron chi connectivity index (χ2n) is 5.61. The van der Waals surface area contributed by atoms with Gasteiger partial charge in [0.15, 0.2) is 0 Å². The topological polar surface area (TPSA) is 21.3 Å². The van der Waals surface area contributed by atoms with Gasteiger partial charge in [-0.2, -0.15) is 11.8 Å². The average Bonchev–Trinajstić information content (AvgIpc) is 2.79. The first kappa shape index (κ1) is 13.7. The van der Waals surface area contributed by atoms with Crippen LogP contribution in [0, 0.1) is 5.92 Å². The summed E-state index contributed by atoms with van der Waals surface area (Å²) in [7, 11) is 0. The van der Waals surface area contributed by atoms with E-state index in [1.165, 1.54) is 50.2 Å². The summed E-state index contributed by atoms with van der Waals surface area (Å²) in [6.45, 7) is 6.76. The number of hydrogen-bond acceptors (Lipinski definition) is 3. The van der Waals surface area contributed by atoms with Gasteiger partial charge in [0.05, 0.1) is 5.60 Å². The molecule has 0 bridgehead atoms. The lowest BCUT2D eigenvalue weighted by atomic mass is 9.89. The molecule has 100 valence electrons. The molecule has 0 aromatic heterocycles. The van der Waals surface area contributed by atoms with Crippen molar-refractivity contribution in [2.24, 2.45) is 5.92 Å². The molecule has 2 aliphatic heterocycles. The third kappa shape index (κ3) is 3.62. The number of rotatable bonds is 5. The lowest BCUT2D eigenvalue weighted by Crippen LogP contribution is -2.48. The minimum absolute atomic E-state index is 0.231. The molecular formula is C14H27NOS. The zero-order chi connectivity index (χ0) is 12.1. The van der Waals surface area contributed by atoms with Crippen LogP contribution in [-0.2, 0) is 4.74 Å². The maximum absolute atomic E-state index is 6.06. The van der Waals surface area contributed by atoms with Crippen LogP contribution in [0.15, 0.2) is 0 Å². The van der Waals surface area contributed by atoms with Crippen molar-refractivity contribution in [3.05, 3.63) is 0 Å². The highest BCUT2D eigenvalue weighted by molar-refractivity contribution is 7.99. The molecule has 2 atom stereocenters. The summed E-state index contributed by atoms with van der Waals surface area (Å²) >= 11 is 2.06. The monoisotopic (exact) mass is 257 g/mol. The molecule has 2 saturated heterocycles. The van der Waals surface area contributed by atoms with E-state index in [9.17, 15) is 0 Å². The Morgan fingerprint density at radius 2 is 2.24 bits per heavy atom. The number of ether oxygens (including phenoxy) is 1. The highest BCUT2D eigenvalue weighted by Gasteiger charge is 2.40. The summed E-state index contributed by atoms with van der Waals surface area (Å²) in [5.41, 5.74) is 0.231. The van der Waals surface area contributed by atoms with Crippen molar-refractivity contribution in [1.29, 1.82) is 0 Å². The molecule has 1 N–H and O–H groups in total. The van der Waals surface area contributed by atoms with Crippen molar-refractivity contribution >= 4 is 11.8 Å². The third-order valence-electron chi connectivity index (χ3n) is 4.41. The molecule has 17 heavy (non-hydrogen) atoms. The molecular weight excluding hydrogens is 230 g/mol. The predicted octanol–water partition coefficient (Wildman–Crippen LogP) is 3.07. The Morgan fingerprint density at radius 3 is 2.88 bits per heavy atom. The largest absolute Gasteiger partial charge is 0.374 e. The molecule has 2 rings (SSSR count). The Bertz CT molecular complexity index is 224. The van der Waals surface area contributed by atoms with Crippen LogP contribution in [-0.4, -0.2) is 36.3 Å². The molecule has 3 heteroatoms. The van der Waals surface area contributed by atoms with Gasteiger partial charge in [-0.3, -0.25) is 0 Å². The molecule has 0 aromatic carbocycles. The number of thioether (sulfide) groups is 1. The molecule has 0 aliphatic carbocycles. The van der Waals surface area contributed by atoms with E-state index in [0.29, 0.717) is 6.04 Å². The standard InChI is InChI=1S/C14H27NOS/c1-3-12(4-2)10-15-13-5-7-16-14(9-13)6-8-17-11-14/h12-13,15H,3-11H2,1-2H3/t13-,14-/m0/s1.